The molecule has 1 aromatic heterocycles. The second kappa shape index (κ2) is 6.94. The first-order valence-electron chi connectivity index (χ1n) is 8.59. The number of anilines is 2. The van der Waals surface area contributed by atoms with Crippen molar-refractivity contribution in [1.82, 2.24) is 9.63 Å². The number of carbonyl (C=O) groups excluding carboxylic acids is 2. The fourth-order valence-electron chi connectivity index (χ4n) is 3.26. The van der Waals surface area contributed by atoms with Crippen LogP contribution in [0.15, 0.2) is 42.2 Å². The van der Waals surface area contributed by atoms with Gasteiger partial charge in [0.15, 0.2) is 11.3 Å². The van der Waals surface area contributed by atoms with Gasteiger partial charge in [-0.05, 0) is 44.5 Å². The molecule has 0 saturated heterocycles. The summed E-state index contributed by atoms with van der Waals surface area (Å²) in [5, 5.41) is 16.5. The standard InChI is InChI=1S/C20H21N3O4/c1-5-23(26)11-16(20(25)27-4)18(24)15-10-14(9-13(3)17(15)23)22-19-12(2)7-6-8-21-19/h6-11H,5H2,1-4H3,(H,21,22). The van der Waals surface area contributed by atoms with Gasteiger partial charge in [-0.1, -0.05) is 6.07 Å². The van der Waals surface area contributed by atoms with E-state index in [4.69, 9.17) is 0 Å². The number of hydrogen-bond donors (Lipinski definition) is 1. The SMILES string of the molecule is CC[N+]1([O-])C=C(C(=O)OC)C(=O)c2cc(Nc3ncccc3C)cc(C)c21. The maximum atomic E-state index is 13.3. The van der Waals surface area contributed by atoms with E-state index in [0.29, 0.717) is 22.8 Å². The number of hydroxylamine groups is 2. The number of ketones is 1. The number of esters is 1. The van der Waals surface area contributed by atoms with Gasteiger partial charge in [0.2, 0.25) is 5.78 Å². The number of fused-ring (bicyclic) bond motifs is 1. The van der Waals surface area contributed by atoms with Gasteiger partial charge in [0.05, 0.1) is 19.2 Å². The first-order valence-corrected chi connectivity index (χ1v) is 8.59. The van der Waals surface area contributed by atoms with Gasteiger partial charge in [-0.3, -0.25) is 4.79 Å². The summed E-state index contributed by atoms with van der Waals surface area (Å²) in [6.07, 6.45) is 2.81. The van der Waals surface area contributed by atoms with Crippen LogP contribution >= 0.6 is 0 Å². The summed E-state index contributed by atoms with van der Waals surface area (Å²) in [4.78, 5) is 29.2. The summed E-state index contributed by atoms with van der Waals surface area (Å²) in [6.45, 7) is 5.55. The van der Waals surface area contributed by atoms with E-state index in [9.17, 15) is 14.8 Å². The Morgan fingerprint density at radius 1 is 1.30 bits per heavy atom. The number of ether oxygens (including phenoxy) is 1. The van der Waals surface area contributed by atoms with Crippen molar-refractivity contribution in [3.8, 4) is 0 Å². The van der Waals surface area contributed by atoms with Crippen LogP contribution < -0.4 is 9.96 Å². The Balaban J connectivity index is 2.14. The number of carbonyl (C=O) groups is 2. The highest BCUT2D eigenvalue weighted by atomic mass is 16.5. The zero-order valence-corrected chi connectivity index (χ0v) is 15.7. The number of benzene rings is 1. The highest BCUT2D eigenvalue weighted by molar-refractivity contribution is 6.27. The van der Waals surface area contributed by atoms with E-state index >= 15 is 0 Å². The first-order chi connectivity index (χ1) is 12.8. The van der Waals surface area contributed by atoms with Crippen LogP contribution in [0.5, 0.6) is 0 Å². The molecule has 1 aliphatic heterocycles. The van der Waals surface area contributed by atoms with Gasteiger partial charge in [-0.15, -0.1) is 0 Å². The molecule has 2 aromatic rings. The van der Waals surface area contributed by atoms with E-state index in [1.165, 1.54) is 7.11 Å². The van der Waals surface area contributed by atoms with Crippen LogP contribution in [-0.2, 0) is 9.53 Å². The summed E-state index contributed by atoms with van der Waals surface area (Å²) in [6, 6.07) is 7.15. The Labute approximate surface area is 157 Å². The lowest BCUT2D eigenvalue weighted by Gasteiger charge is -2.42. The summed E-state index contributed by atoms with van der Waals surface area (Å²) in [5.41, 5.74) is 2.53. The van der Waals surface area contributed by atoms with Crippen LogP contribution in [0.3, 0.4) is 0 Å². The number of nitrogens with one attached hydrogen (secondary N) is 1. The van der Waals surface area contributed by atoms with Crippen LogP contribution in [0, 0.1) is 19.1 Å². The largest absolute Gasteiger partial charge is 0.622 e. The van der Waals surface area contributed by atoms with Crippen molar-refractivity contribution in [1.29, 1.82) is 0 Å². The predicted molar refractivity (Wildman–Crippen MR) is 104 cm³/mol. The summed E-state index contributed by atoms with van der Waals surface area (Å²) in [5.74, 6) is -0.671. The maximum absolute atomic E-state index is 13.3. The van der Waals surface area contributed by atoms with E-state index < -0.39 is 16.4 Å². The number of nitrogens with zero attached hydrogens (tertiary/aromatic N) is 2. The normalized spacial score (nSPS) is 18.6. The summed E-state index contributed by atoms with van der Waals surface area (Å²) >= 11 is 0. The number of pyridine rings is 1. The lowest BCUT2D eigenvalue weighted by molar-refractivity contribution is -0.135. The van der Waals surface area contributed by atoms with Crippen LogP contribution in [-0.4, -0.2) is 30.4 Å². The number of rotatable bonds is 4. The van der Waals surface area contributed by atoms with Gasteiger partial charge in [-0.2, -0.15) is 0 Å². The fraction of sp³-hybridized carbons (Fsp3) is 0.250. The number of Topliss-reactive ketones (excluding diaryl/α,β-unsaturated/α-hetero) is 1. The van der Waals surface area contributed by atoms with Crippen molar-refractivity contribution < 1.29 is 14.3 Å². The molecule has 1 unspecified atom stereocenters. The maximum Gasteiger partial charge on any atom is 0.347 e. The van der Waals surface area contributed by atoms with Gasteiger partial charge >= 0.3 is 5.97 Å². The third kappa shape index (κ3) is 3.22. The molecule has 0 aliphatic carbocycles. The molecule has 0 fully saturated rings. The van der Waals surface area contributed by atoms with Crippen molar-refractivity contribution in [2.45, 2.75) is 20.8 Å². The highest BCUT2D eigenvalue weighted by Crippen LogP contribution is 2.39. The van der Waals surface area contributed by atoms with Crippen LogP contribution in [0.25, 0.3) is 0 Å². The third-order valence-corrected chi connectivity index (χ3v) is 4.65. The van der Waals surface area contributed by atoms with Gasteiger partial charge < -0.3 is 19.9 Å². The Morgan fingerprint density at radius 3 is 2.67 bits per heavy atom. The molecular formula is C20H21N3O4. The lowest BCUT2D eigenvalue weighted by atomic mass is 9.94. The molecular weight excluding hydrogens is 346 g/mol. The Kier molecular flexibility index (Phi) is 4.82. The number of quaternary nitrogens is 1. The van der Waals surface area contributed by atoms with Crippen molar-refractivity contribution >= 4 is 28.9 Å². The van der Waals surface area contributed by atoms with Gasteiger partial charge in [-0.25, -0.2) is 9.78 Å². The van der Waals surface area contributed by atoms with E-state index in [0.717, 1.165) is 11.8 Å². The van der Waals surface area contributed by atoms with Crippen molar-refractivity contribution in [3.05, 3.63) is 64.1 Å². The molecule has 7 nitrogen and oxygen atoms in total. The molecule has 1 N–H and O–H groups in total. The minimum atomic E-state index is -0.889. The second-order valence-electron chi connectivity index (χ2n) is 6.46. The molecule has 0 spiro atoms. The molecule has 0 bridgehead atoms. The van der Waals surface area contributed by atoms with Crippen molar-refractivity contribution in [2.75, 3.05) is 19.0 Å². The molecule has 1 aromatic carbocycles. The Morgan fingerprint density at radius 2 is 2.04 bits per heavy atom. The lowest BCUT2D eigenvalue weighted by Crippen LogP contribution is -2.43. The van der Waals surface area contributed by atoms with E-state index in [1.54, 1.807) is 32.2 Å². The van der Waals surface area contributed by atoms with Gasteiger partial charge in [0.1, 0.15) is 12.0 Å². The zero-order chi connectivity index (χ0) is 19.8. The topological polar surface area (TPSA) is 91.4 Å². The average molecular weight is 367 g/mol. The molecule has 3 rings (SSSR count). The van der Waals surface area contributed by atoms with Crippen LogP contribution in [0.4, 0.5) is 17.2 Å². The van der Waals surface area contributed by atoms with Gasteiger partial charge in [0.25, 0.3) is 0 Å². The molecule has 140 valence electrons. The Bertz CT molecular complexity index is 968. The fourth-order valence-corrected chi connectivity index (χ4v) is 3.26. The predicted octanol–water partition coefficient (Wildman–Crippen LogP) is 3.52. The van der Waals surface area contributed by atoms with E-state index in [2.05, 4.69) is 15.0 Å². The number of hydrogen-bond acceptors (Lipinski definition) is 6. The third-order valence-electron chi connectivity index (χ3n) is 4.65. The number of aromatic nitrogens is 1. The molecule has 2 heterocycles. The van der Waals surface area contributed by atoms with Gasteiger partial charge in [0, 0.05) is 17.4 Å². The quantitative estimate of drug-likeness (QED) is 0.385. The molecule has 0 amide bonds. The minimum Gasteiger partial charge on any atom is -0.622 e. The molecule has 1 atom stereocenters. The van der Waals surface area contributed by atoms with Crippen molar-refractivity contribution in [2.24, 2.45) is 0 Å². The first kappa shape index (κ1) is 18.8. The number of methoxy groups -OCH3 is 1. The molecule has 27 heavy (non-hydrogen) atoms. The number of aryl methyl sites for hydroxylation is 2. The molecule has 7 heteroatoms. The zero-order valence-electron chi connectivity index (χ0n) is 15.7. The molecule has 0 saturated carbocycles. The second-order valence-corrected chi connectivity index (χ2v) is 6.46. The summed E-state index contributed by atoms with van der Waals surface area (Å²) < 4.78 is 3.79. The average Bonchev–Trinajstić information content (AvgIpc) is 2.65. The van der Waals surface area contributed by atoms with Crippen LogP contribution in [0.1, 0.15) is 28.4 Å². The van der Waals surface area contributed by atoms with Crippen molar-refractivity contribution in [3.63, 3.8) is 0 Å². The monoisotopic (exact) mass is 367 g/mol. The highest BCUT2D eigenvalue weighted by Gasteiger charge is 2.38. The summed E-state index contributed by atoms with van der Waals surface area (Å²) in [7, 11) is 1.18. The Hall–Kier alpha value is -3.03. The van der Waals surface area contributed by atoms with E-state index in [1.807, 2.05) is 19.1 Å². The van der Waals surface area contributed by atoms with E-state index in [-0.39, 0.29) is 17.7 Å². The van der Waals surface area contributed by atoms with Crippen LogP contribution in [0.2, 0.25) is 0 Å². The molecule has 0 radical (unpaired) electrons. The minimum absolute atomic E-state index is 0.147. The smallest absolute Gasteiger partial charge is 0.347 e. The molecule has 1 aliphatic rings.